The Morgan fingerprint density at radius 1 is 1.26 bits per heavy atom. The number of aromatic nitrogens is 2. The Morgan fingerprint density at radius 3 is 2.91 bits per heavy atom. The number of carbonyl (C=O) groups excluding carboxylic acids is 1. The van der Waals surface area contributed by atoms with Crippen LogP contribution < -0.4 is 10.9 Å². The summed E-state index contributed by atoms with van der Waals surface area (Å²) in [5.41, 5.74) is 1.99. The molecule has 1 aliphatic heterocycles. The van der Waals surface area contributed by atoms with Gasteiger partial charge in [-0.25, -0.2) is 4.68 Å². The molecule has 1 fully saturated rings. The number of ether oxygens (including phenoxy) is 1. The molecular weight excluding hydrogens is 294 g/mol. The second-order valence-electron chi connectivity index (χ2n) is 6.61. The summed E-state index contributed by atoms with van der Waals surface area (Å²) in [6, 6.07) is 1.30. The van der Waals surface area contributed by atoms with Crippen LogP contribution in [0.2, 0.25) is 0 Å². The molecule has 1 N–H and O–H groups in total. The lowest BCUT2D eigenvalue weighted by Crippen LogP contribution is -2.45. The maximum atomic E-state index is 12.4. The lowest BCUT2D eigenvalue weighted by molar-refractivity contribution is -0.125. The summed E-state index contributed by atoms with van der Waals surface area (Å²) < 4.78 is 7.05. The highest BCUT2D eigenvalue weighted by molar-refractivity contribution is 5.79. The Balaban J connectivity index is 1.54. The molecule has 6 nitrogen and oxygen atoms in total. The number of nitrogens with one attached hydrogen (secondary N) is 1. The molecule has 122 valence electrons. The third-order valence-corrected chi connectivity index (χ3v) is 5.05. The quantitative estimate of drug-likeness (QED) is 0.836. The number of nitrogens with zero attached hydrogens (tertiary/aromatic N) is 2. The fourth-order valence-corrected chi connectivity index (χ4v) is 3.71. The van der Waals surface area contributed by atoms with Crippen molar-refractivity contribution in [3.05, 3.63) is 39.8 Å². The summed E-state index contributed by atoms with van der Waals surface area (Å²) >= 11 is 0. The van der Waals surface area contributed by atoms with E-state index in [4.69, 9.17) is 4.74 Å². The van der Waals surface area contributed by atoms with Crippen molar-refractivity contribution in [3.63, 3.8) is 0 Å². The van der Waals surface area contributed by atoms with Gasteiger partial charge in [-0.2, -0.15) is 5.10 Å². The third-order valence-electron chi connectivity index (χ3n) is 5.05. The minimum atomic E-state index is -0.216. The largest absolute Gasteiger partial charge is 0.377 e. The van der Waals surface area contributed by atoms with Gasteiger partial charge >= 0.3 is 0 Å². The number of hydrogen-bond acceptors (Lipinski definition) is 4. The summed E-state index contributed by atoms with van der Waals surface area (Å²) in [5, 5.41) is 7.61. The van der Waals surface area contributed by atoms with Gasteiger partial charge in [0.05, 0.1) is 24.9 Å². The van der Waals surface area contributed by atoms with Gasteiger partial charge in [-0.15, -0.1) is 0 Å². The van der Waals surface area contributed by atoms with Crippen LogP contribution in [0.15, 0.2) is 23.0 Å². The molecule has 0 saturated carbocycles. The van der Waals surface area contributed by atoms with Gasteiger partial charge in [0.2, 0.25) is 5.91 Å². The molecule has 1 amide bonds. The zero-order valence-electron chi connectivity index (χ0n) is 13.0. The van der Waals surface area contributed by atoms with Crippen molar-refractivity contribution in [2.75, 3.05) is 13.2 Å². The first kappa shape index (κ1) is 14.6. The average molecular weight is 315 g/mol. The van der Waals surface area contributed by atoms with Crippen molar-refractivity contribution in [1.29, 1.82) is 0 Å². The van der Waals surface area contributed by atoms with Crippen LogP contribution in [-0.2, 0) is 22.4 Å². The Hall–Kier alpha value is -1.95. The zero-order chi connectivity index (χ0) is 15.8. The molecule has 2 heterocycles. The van der Waals surface area contributed by atoms with Crippen molar-refractivity contribution >= 4 is 5.91 Å². The minimum Gasteiger partial charge on any atom is -0.377 e. The zero-order valence-corrected chi connectivity index (χ0v) is 13.0. The van der Waals surface area contributed by atoms with Gasteiger partial charge in [-0.3, -0.25) is 9.59 Å². The SMILES string of the molecule is O=C(NC1COCC1n1nc2c(cc1=O)CCC2)C1CC=CC1. The number of hydrogen-bond donors (Lipinski definition) is 1. The molecular formula is C17H21N3O3. The van der Waals surface area contributed by atoms with Gasteiger partial charge in [0.15, 0.2) is 0 Å². The van der Waals surface area contributed by atoms with E-state index >= 15 is 0 Å². The van der Waals surface area contributed by atoms with Crippen molar-refractivity contribution in [2.24, 2.45) is 5.92 Å². The number of allylic oxidation sites excluding steroid dienone is 2. The van der Waals surface area contributed by atoms with Crippen LogP contribution in [0.3, 0.4) is 0 Å². The van der Waals surface area contributed by atoms with E-state index in [9.17, 15) is 9.59 Å². The van der Waals surface area contributed by atoms with Gasteiger partial charge in [-0.1, -0.05) is 12.2 Å². The van der Waals surface area contributed by atoms with Gasteiger partial charge in [0, 0.05) is 12.0 Å². The molecule has 23 heavy (non-hydrogen) atoms. The molecule has 0 bridgehead atoms. The van der Waals surface area contributed by atoms with E-state index in [-0.39, 0.29) is 29.5 Å². The van der Waals surface area contributed by atoms with E-state index < -0.39 is 0 Å². The molecule has 2 aliphatic carbocycles. The van der Waals surface area contributed by atoms with E-state index in [1.807, 2.05) is 12.2 Å². The molecule has 6 heteroatoms. The topological polar surface area (TPSA) is 73.2 Å². The van der Waals surface area contributed by atoms with Crippen LogP contribution in [0.25, 0.3) is 0 Å². The number of rotatable bonds is 3. The summed E-state index contributed by atoms with van der Waals surface area (Å²) in [6.45, 7) is 0.849. The van der Waals surface area contributed by atoms with Gasteiger partial charge in [-0.05, 0) is 37.7 Å². The number of amides is 1. The molecule has 0 radical (unpaired) electrons. The molecule has 1 saturated heterocycles. The van der Waals surface area contributed by atoms with Crippen LogP contribution in [0.4, 0.5) is 0 Å². The second-order valence-corrected chi connectivity index (χ2v) is 6.61. The van der Waals surface area contributed by atoms with Crippen LogP contribution in [-0.4, -0.2) is 34.9 Å². The standard InChI is InChI=1S/C17H21N3O3/c21-16-8-12-6-3-7-13(12)19-20(16)15-10-23-9-14(15)18-17(22)11-4-1-2-5-11/h1-2,8,11,14-15H,3-7,9-10H2,(H,18,22). The van der Waals surface area contributed by atoms with Crippen molar-refractivity contribution in [1.82, 2.24) is 15.1 Å². The highest BCUT2D eigenvalue weighted by Crippen LogP contribution is 2.23. The van der Waals surface area contributed by atoms with Crippen LogP contribution in [0.1, 0.15) is 36.6 Å². The summed E-state index contributed by atoms with van der Waals surface area (Å²) in [4.78, 5) is 24.7. The third kappa shape index (κ3) is 2.72. The van der Waals surface area contributed by atoms with Crippen LogP contribution in [0.5, 0.6) is 0 Å². The summed E-state index contributed by atoms with van der Waals surface area (Å²) in [6.07, 6.45) is 8.59. The first-order valence-electron chi connectivity index (χ1n) is 8.37. The molecule has 1 aromatic rings. The highest BCUT2D eigenvalue weighted by Gasteiger charge is 2.34. The smallest absolute Gasteiger partial charge is 0.267 e. The van der Waals surface area contributed by atoms with E-state index in [2.05, 4.69) is 10.4 Å². The number of aryl methyl sites for hydroxylation is 2. The normalized spacial score (nSPS) is 26.6. The van der Waals surface area contributed by atoms with Crippen molar-refractivity contribution in [2.45, 2.75) is 44.2 Å². The number of fused-ring (bicyclic) bond motifs is 1. The molecule has 4 rings (SSSR count). The number of carbonyl (C=O) groups is 1. The fourth-order valence-electron chi connectivity index (χ4n) is 3.71. The predicted molar refractivity (Wildman–Crippen MR) is 84.2 cm³/mol. The minimum absolute atomic E-state index is 0.0148. The average Bonchev–Trinajstić information content (AvgIpc) is 3.27. The molecule has 1 aromatic heterocycles. The lowest BCUT2D eigenvalue weighted by atomic mass is 10.1. The molecule has 3 aliphatic rings. The molecule has 2 atom stereocenters. The summed E-state index contributed by atoms with van der Waals surface area (Å²) in [7, 11) is 0. The molecule has 0 spiro atoms. The van der Waals surface area contributed by atoms with Crippen LogP contribution >= 0.6 is 0 Å². The van der Waals surface area contributed by atoms with Crippen LogP contribution in [0, 0.1) is 5.92 Å². The van der Waals surface area contributed by atoms with Gasteiger partial charge in [0.1, 0.15) is 6.04 Å². The van der Waals surface area contributed by atoms with E-state index in [1.165, 1.54) is 4.68 Å². The van der Waals surface area contributed by atoms with E-state index in [1.54, 1.807) is 6.07 Å². The van der Waals surface area contributed by atoms with Crippen molar-refractivity contribution < 1.29 is 9.53 Å². The summed E-state index contributed by atoms with van der Waals surface area (Å²) in [5.74, 6) is 0.0608. The van der Waals surface area contributed by atoms with Gasteiger partial charge < -0.3 is 10.1 Å². The Kier molecular flexibility index (Phi) is 3.77. The fraction of sp³-hybridized carbons (Fsp3) is 0.588. The lowest BCUT2D eigenvalue weighted by Gasteiger charge is -2.22. The first-order valence-corrected chi connectivity index (χ1v) is 8.37. The Bertz CT molecular complexity index is 702. The second kappa shape index (κ2) is 5.92. The molecule has 2 unspecified atom stereocenters. The maximum Gasteiger partial charge on any atom is 0.267 e. The Morgan fingerprint density at radius 2 is 2.09 bits per heavy atom. The van der Waals surface area contributed by atoms with E-state index in [0.717, 1.165) is 43.4 Å². The Labute approximate surface area is 134 Å². The van der Waals surface area contributed by atoms with E-state index in [0.29, 0.717) is 13.2 Å². The monoisotopic (exact) mass is 315 g/mol. The predicted octanol–water partition coefficient (Wildman–Crippen LogP) is 0.754. The maximum absolute atomic E-state index is 12.4. The molecule has 0 aromatic carbocycles. The van der Waals surface area contributed by atoms with Gasteiger partial charge in [0.25, 0.3) is 5.56 Å². The highest BCUT2D eigenvalue weighted by atomic mass is 16.5. The van der Waals surface area contributed by atoms with Crippen molar-refractivity contribution in [3.8, 4) is 0 Å². The first-order chi connectivity index (χ1) is 11.2.